The number of hydrogen-bond acceptors (Lipinski definition) is 3. The van der Waals surface area contributed by atoms with Crippen LogP contribution in [-0.2, 0) is 6.18 Å². The number of aromatic nitrogens is 3. The molecule has 1 heterocycles. The standard InChI is InChI=1S/C13H12F5N3S.C2H6/c1-7-3-8(2)10(22-5-11(14)15)4-9(7)21-6-19-12(20-21)13(16,17)18;1-2/h3-4,6,11H,5H2,1-2H3;1-2H3. The third-order valence-electron chi connectivity index (χ3n) is 2.85. The van der Waals surface area contributed by atoms with E-state index in [9.17, 15) is 22.0 Å². The Bertz CT molecular complexity index is 668. The Balaban J connectivity index is 0.00000139. The summed E-state index contributed by atoms with van der Waals surface area (Å²) in [6.07, 6.45) is -6.13. The van der Waals surface area contributed by atoms with Crippen LogP contribution in [0.1, 0.15) is 30.8 Å². The molecule has 0 atom stereocenters. The van der Waals surface area contributed by atoms with Crippen molar-refractivity contribution in [2.45, 2.75) is 45.2 Å². The van der Waals surface area contributed by atoms with Crippen LogP contribution in [-0.4, -0.2) is 26.9 Å². The van der Waals surface area contributed by atoms with E-state index in [1.165, 1.54) is 0 Å². The topological polar surface area (TPSA) is 30.7 Å². The molecule has 0 amide bonds. The Labute approximate surface area is 141 Å². The lowest BCUT2D eigenvalue weighted by Crippen LogP contribution is -2.09. The van der Waals surface area contributed by atoms with Crippen molar-refractivity contribution in [2.24, 2.45) is 0 Å². The molecule has 1 aromatic heterocycles. The van der Waals surface area contributed by atoms with E-state index in [1.54, 1.807) is 26.0 Å². The second-order valence-corrected chi connectivity index (χ2v) is 5.68. The van der Waals surface area contributed by atoms with Crippen molar-refractivity contribution >= 4 is 11.8 Å². The second-order valence-electron chi connectivity index (χ2n) is 4.62. The van der Waals surface area contributed by atoms with Crippen LogP contribution in [0.15, 0.2) is 23.4 Å². The van der Waals surface area contributed by atoms with Gasteiger partial charge in [0.05, 0.1) is 11.4 Å². The highest BCUT2D eigenvalue weighted by Crippen LogP contribution is 2.30. The molecule has 0 saturated carbocycles. The summed E-state index contributed by atoms with van der Waals surface area (Å²) >= 11 is 0.951. The van der Waals surface area contributed by atoms with Crippen molar-refractivity contribution in [2.75, 3.05) is 5.75 Å². The van der Waals surface area contributed by atoms with Gasteiger partial charge in [0.2, 0.25) is 6.43 Å². The zero-order chi connectivity index (χ0) is 18.5. The zero-order valence-electron chi connectivity index (χ0n) is 13.7. The van der Waals surface area contributed by atoms with Crippen molar-refractivity contribution in [3.05, 3.63) is 35.4 Å². The van der Waals surface area contributed by atoms with Gasteiger partial charge in [-0.25, -0.2) is 18.4 Å². The van der Waals surface area contributed by atoms with Gasteiger partial charge in [0.25, 0.3) is 5.82 Å². The van der Waals surface area contributed by atoms with Gasteiger partial charge < -0.3 is 0 Å². The van der Waals surface area contributed by atoms with Crippen LogP contribution in [0.2, 0.25) is 0 Å². The van der Waals surface area contributed by atoms with Crippen LogP contribution in [0.3, 0.4) is 0 Å². The first-order valence-corrected chi connectivity index (χ1v) is 8.18. The monoisotopic (exact) mass is 367 g/mol. The van der Waals surface area contributed by atoms with Crippen LogP contribution >= 0.6 is 11.8 Å². The number of thioether (sulfide) groups is 1. The lowest BCUT2D eigenvalue weighted by atomic mass is 10.1. The predicted octanol–water partition coefficient (Wildman–Crippen LogP) is 5.29. The van der Waals surface area contributed by atoms with E-state index >= 15 is 0 Å². The third kappa shape index (κ3) is 5.19. The van der Waals surface area contributed by atoms with Gasteiger partial charge in [-0.05, 0) is 31.0 Å². The zero-order valence-corrected chi connectivity index (χ0v) is 14.5. The molecule has 0 N–H and O–H groups in total. The Morgan fingerprint density at radius 3 is 2.25 bits per heavy atom. The first kappa shape index (κ1) is 20.4. The van der Waals surface area contributed by atoms with E-state index in [1.807, 2.05) is 13.8 Å². The first-order chi connectivity index (χ1) is 11.2. The van der Waals surface area contributed by atoms with Crippen molar-refractivity contribution in [3.8, 4) is 5.69 Å². The molecule has 0 aliphatic carbocycles. The van der Waals surface area contributed by atoms with Crippen LogP contribution in [0.4, 0.5) is 22.0 Å². The van der Waals surface area contributed by atoms with Gasteiger partial charge in [-0.2, -0.15) is 13.2 Å². The van der Waals surface area contributed by atoms with E-state index in [2.05, 4.69) is 10.1 Å². The Kier molecular flexibility index (Phi) is 7.19. The molecule has 1 aromatic carbocycles. The van der Waals surface area contributed by atoms with E-state index in [-0.39, 0.29) is 5.75 Å². The molecule has 2 rings (SSSR count). The molecule has 0 unspecified atom stereocenters. The van der Waals surface area contributed by atoms with Crippen molar-refractivity contribution in [3.63, 3.8) is 0 Å². The fraction of sp³-hybridized carbons (Fsp3) is 0.467. The second kappa shape index (κ2) is 8.46. The number of rotatable bonds is 4. The summed E-state index contributed by atoms with van der Waals surface area (Å²) in [6.45, 7) is 7.46. The first-order valence-electron chi connectivity index (χ1n) is 7.20. The maximum atomic E-state index is 12.5. The minimum absolute atomic E-state index is 0.380. The van der Waals surface area contributed by atoms with Crippen LogP contribution in [0, 0.1) is 13.8 Å². The molecule has 0 radical (unpaired) electrons. The SMILES string of the molecule is CC.Cc1cc(C)c(-n2cnc(C(F)(F)F)n2)cc1SCC(F)F. The highest BCUT2D eigenvalue weighted by Gasteiger charge is 2.36. The number of alkyl halides is 5. The van der Waals surface area contributed by atoms with E-state index < -0.39 is 18.4 Å². The van der Waals surface area contributed by atoms with Crippen molar-refractivity contribution in [1.82, 2.24) is 14.8 Å². The highest BCUT2D eigenvalue weighted by molar-refractivity contribution is 7.99. The summed E-state index contributed by atoms with van der Waals surface area (Å²) in [5.74, 6) is -1.62. The van der Waals surface area contributed by atoms with Crippen LogP contribution in [0.5, 0.6) is 0 Å². The number of aryl methyl sites for hydroxylation is 2. The summed E-state index contributed by atoms with van der Waals surface area (Å²) < 4.78 is 63.3. The maximum Gasteiger partial charge on any atom is 0.453 e. The van der Waals surface area contributed by atoms with Gasteiger partial charge >= 0.3 is 6.18 Å². The lowest BCUT2D eigenvalue weighted by molar-refractivity contribution is -0.144. The van der Waals surface area contributed by atoms with E-state index in [0.29, 0.717) is 16.1 Å². The van der Waals surface area contributed by atoms with Crippen molar-refractivity contribution in [1.29, 1.82) is 0 Å². The van der Waals surface area contributed by atoms with Crippen LogP contribution < -0.4 is 0 Å². The molecule has 0 aliphatic rings. The average Bonchev–Trinajstić information content (AvgIpc) is 2.98. The van der Waals surface area contributed by atoms with E-state index in [4.69, 9.17) is 0 Å². The van der Waals surface area contributed by atoms with Gasteiger partial charge in [0.15, 0.2) is 0 Å². The predicted molar refractivity (Wildman–Crippen MR) is 83.9 cm³/mol. The quantitative estimate of drug-likeness (QED) is 0.544. The molecular weight excluding hydrogens is 349 g/mol. The highest BCUT2D eigenvalue weighted by atomic mass is 32.2. The normalized spacial score (nSPS) is 11.4. The molecule has 134 valence electrons. The van der Waals surface area contributed by atoms with Gasteiger partial charge in [-0.3, -0.25) is 0 Å². The van der Waals surface area contributed by atoms with Gasteiger partial charge in [-0.1, -0.05) is 19.9 Å². The molecule has 0 spiro atoms. The Morgan fingerprint density at radius 2 is 1.75 bits per heavy atom. The number of nitrogens with zero attached hydrogens (tertiary/aromatic N) is 3. The third-order valence-corrected chi connectivity index (χ3v) is 4.02. The number of benzene rings is 1. The molecule has 3 nitrogen and oxygen atoms in total. The molecule has 24 heavy (non-hydrogen) atoms. The fourth-order valence-corrected chi connectivity index (χ4v) is 2.67. The number of halogens is 5. The minimum atomic E-state index is -4.63. The Morgan fingerprint density at radius 1 is 1.12 bits per heavy atom. The molecular formula is C15H18F5N3S. The smallest absolute Gasteiger partial charge is 0.220 e. The fourth-order valence-electron chi connectivity index (χ4n) is 1.89. The summed E-state index contributed by atoms with van der Waals surface area (Å²) in [5, 5.41) is 3.40. The van der Waals surface area contributed by atoms with Gasteiger partial charge in [0, 0.05) is 4.90 Å². The van der Waals surface area contributed by atoms with E-state index in [0.717, 1.165) is 28.3 Å². The molecule has 9 heteroatoms. The maximum absolute atomic E-state index is 12.5. The average molecular weight is 367 g/mol. The molecule has 0 aliphatic heterocycles. The summed E-state index contributed by atoms with van der Waals surface area (Å²) in [5.41, 5.74) is 1.84. The minimum Gasteiger partial charge on any atom is -0.220 e. The van der Waals surface area contributed by atoms with Gasteiger partial charge in [-0.15, -0.1) is 16.9 Å². The van der Waals surface area contributed by atoms with Gasteiger partial charge in [0.1, 0.15) is 6.33 Å². The summed E-state index contributed by atoms with van der Waals surface area (Å²) in [6, 6.07) is 3.27. The summed E-state index contributed by atoms with van der Waals surface area (Å²) in [7, 11) is 0. The number of hydrogen-bond donors (Lipinski definition) is 0. The lowest BCUT2D eigenvalue weighted by Gasteiger charge is -2.11. The molecule has 0 saturated heterocycles. The van der Waals surface area contributed by atoms with Crippen molar-refractivity contribution < 1.29 is 22.0 Å². The summed E-state index contributed by atoms with van der Waals surface area (Å²) in [4.78, 5) is 3.81. The molecule has 0 bridgehead atoms. The largest absolute Gasteiger partial charge is 0.453 e. The molecule has 0 fully saturated rings. The molecule has 2 aromatic rings. The van der Waals surface area contributed by atoms with Crippen LogP contribution in [0.25, 0.3) is 5.69 Å². The Hall–Kier alpha value is -1.64.